The quantitative estimate of drug-likeness (QED) is 0.494. The molecule has 0 radical (unpaired) electrons. The number of aliphatic imine (C=N–C) groups is 1. The molecule has 0 saturated carbocycles. The van der Waals surface area contributed by atoms with Crippen LogP contribution in [0, 0.1) is 5.92 Å². The Morgan fingerprint density at radius 2 is 2.07 bits per heavy atom. The Hall–Kier alpha value is -2.29. The third kappa shape index (κ3) is 8.22. The second-order valence-electron chi connectivity index (χ2n) is 7.80. The molecule has 0 spiro atoms. The molecule has 1 aromatic rings. The van der Waals surface area contributed by atoms with Crippen LogP contribution in [0.25, 0.3) is 0 Å². The molecule has 0 aliphatic carbocycles. The predicted molar refractivity (Wildman–Crippen MR) is 113 cm³/mol. The van der Waals surface area contributed by atoms with E-state index >= 15 is 0 Å². The van der Waals surface area contributed by atoms with E-state index in [0.717, 1.165) is 18.4 Å². The van der Waals surface area contributed by atoms with Gasteiger partial charge in [-0.1, -0.05) is 12.1 Å². The average Bonchev–Trinajstić information content (AvgIpc) is 3.11. The number of nitrogens with one attached hydrogen (secondary N) is 2. The number of carbonyl (C=O) groups is 1. The lowest BCUT2D eigenvalue weighted by Gasteiger charge is -2.17. The fraction of sp³-hybridized carbons (Fsp3) is 0.619. The van der Waals surface area contributed by atoms with Gasteiger partial charge in [0, 0.05) is 45.8 Å². The van der Waals surface area contributed by atoms with Crippen LogP contribution in [-0.4, -0.2) is 81.2 Å². The van der Waals surface area contributed by atoms with Crippen LogP contribution in [0.2, 0.25) is 0 Å². The predicted octanol–water partition coefficient (Wildman–Crippen LogP) is 2.37. The van der Waals surface area contributed by atoms with E-state index in [-0.39, 0.29) is 11.8 Å². The molecule has 1 amide bonds. The Bertz CT molecular complexity index is 721. The van der Waals surface area contributed by atoms with E-state index in [2.05, 4.69) is 15.6 Å². The summed E-state index contributed by atoms with van der Waals surface area (Å²) in [5.74, 6) is 0.764. The van der Waals surface area contributed by atoms with Crippen molar-refractivity contribution >= 4 is 11.9 Å². The molecule has 1 heterocycles. The molecule has 1 aliphatic heterocycles. The van der Waals surface area contributed by atoms with Crippen molar-refractivity contribution in [2.75, 3.05) is 53.4 Å². The maximum Gasteiger partial charge on any atom is 0.401 e. The molecule has 1 fully saturated rings. The SMILES string of the molecule is CCNC(=NCC1CCN(CC(F)(F)F)C1)NCCc1cccc(C(=O)N(C)C)c1. The second kappa shape index (κ2) is 11.2. The van der Waals surface area contributed by atoms with Crippen molar-refractivity contribution in [3.8, 4) is 0 Å². The van der Waals surface area contributed by atoms with Gasteiger partial charge in [-0.2, -0.15) is 13.2 Å². The molecular formula is C21H32F3N5O. The maximum absolute atomic E-state index is 12.5. The lowest BCUT2D eigenvalue weighted by atomic mass is 10.1. The Morgan fingerprint density at radius 3 is 2.73 bits per heavy atom. The number of hydrogen-bond donors (Lipinski definition) is 2. The molecule has 1 aromatic carbocycles. The topological polar surface area (TPSA) is 60.0 Å². The molecule has 168 valence electrons. The van der Waals surface area contributed by atoms with Crippen LogP contribution in [0.15, 0.2) is 29.3 Å². The maximum atomic E-state index is 12.5. The summed E-state index contributed by atoms with van der Waals surface area (Å²) >= 11 is 0. The van der Waals surface area contributed by atoms with E-state index in [1.807, 2.05) is 25.1 Å². The summed E-state index contributed by atoms with van der Waals surface area (Å²) in [5, 5.41) is 6.44. The van der Waals surface area contributed by atoms with Gasteiger partial charge in [-0.05, 0) is 49.9 Å². The number of hydrogen-bond acceptors (Lipinski definition) is 3. The summed E-state index contributed by atoms with van der Waals surface area (Å²) in [6.07, 6.45) is -2.70. The van der Waals surface area contributed by atoms with Gasteiger partial charge < -0.3 is 15.5 Å². The van der Waals surface area contributed by atoms with Crippen LogP contribution in [-0.2, 0) is 6.42 Å². The van der Waals surface area contributed by atoms with Gasteiger partial charge >= 0.3 is 6.18 Å². The number of halogens is 3. The zero-order valence-electron chi connectivity index (χ0n) is 17.9. The fourth-order valence-electron chi connectivity index (χ4n) is 3.46. The van der Waals surface area contributed by atoms with E-state index in [4.69, 9.17) is 0 Å². The van der Waals surface area contributed by atoms with Gasteiger partial charge in [-0.15, -0.1) is 0 Å². The van der Waals surface area contributed by atoms with Crippen molar-refractivity contribution in [2.45, 2.75) is 25.9 Å². The number of alkyl halides is 3. The van der Waals surface area contributed by atoms with Crippen LogP contribution >= 0.6 is 0 Å². The largest absolute Gasteiger partial charge is 0.401 e. The third-order valence-electron chi connectivity index (χ3n) is 4.91. The van der Waals surface area contributed by atoms with Crippen molar-refractivity contribution in [2.24, 2.45) is 10.9 Å². The number of nitrogens with zero attached hydrogens (tertiary/aromatic N) is 3. The minimum absolute atomic E-state index is 0.0316. The number of carbonyl (C=O) groups excluding carboxylic acids is 1. The molecule has 30 heavy (non-hydrogen) atoms. The number of likely N-dealkylation sites (tertiary alicyclic amines) is 1. The van der Waals surface area contributed by atoms with E-state index in [9.17, 15) is 18.0 Å². The summed E-state index contributed by atoms with van der Waals surface area (Å²) in [6, 6.07) is 7.54. The Labute approximate surface area is 176 Å². The van der Waals surface area contributed by atoms with Crippen molar-refractivity contribution in [3.05, 3.63) is 35.4 Å². The molecule has 9 heteroatoms. The highest BCUT2D eigenvalue weighted by molar-refractivity contribution is 5.94. The van der Waals surface area contributed by atoms with E-state index < -0.39 is 12.7 Å². The van der Waals surface area contributed by atoms with E-state index in [1.54, 1.807) is 25.1 Å². The molecule has 2 N–H and O–H groups in total. The fourth-order valence-corrected chi connectivity index (χ4v) is 3.46. The minimum atomic E-state index is -4.15. The average molecular weight is 428 g/mol. The van der Waals surface area contributed by atoms with Crippen LogP contribution in [0.1, 0.15) is 29.3 Å². The molecule has 1 saturated heterocycles. The normalized spacial score (nSPS) is 17.8. The number of rotatable bonds is 8. The Balaban J connectivity index is 1.83. The highest BCUT2D eigenvalue weighted by Crippen LogP contribution is 2.22. The summed E-state index contributed by atoms with van der Waals surface area (Å²) in [4.78, 5) is 19.6. The first kappa shape index (κ1) is 24.0. The summed E-state index contributed by atoms with van der Waals surface area (Å²) in [6.45, 7) is 3.84. The molecule has 1 atom stereocenters. The molecule has 2 rings (SSSR count). The van der Waals surface area contributed by atoms with Gasteiger partial charge in [-0.25, -0.2) is 0 Å². The van der Waals surface area contributed by atoms with Crippen LogP contribution in [0.3, 0.4) is 0 Å². The van der Waals surface area contributed by atoms with Gasteiger partial charge in [0.05, 0.1) is 6.54 Å². The summed E-state index contributed by atoms with van der Waals surface area (Å²) in [7, 11) is 3.45. The van der Waals surface area contributed by atoms with Crippen LogP contribution < -0.4 is 10.6 Å². The van der Waals surface area contributed by atoms with Gasteiger partial charge in [0.25, 0.3) is 5.91 Å². The number of benzene rings is 1. The van der Waals surface area contributed by atoms with Gasteiger partial charge in [0.2, 0.25) is 0 Å². The van der Waals surface area contributed by atoms with Crippen molar-refractivity contribution < 1.29 is 18.0 Å². The van der Waals surface area contributed by atoms with Gasteiger partial charge in [-0.3, -0.25) is 14.7 Å². The first-order valence-corrected chi connectivity index (χ1v) is 10.3. The second-order valence-corrected chi connectivity index (χ2v) is 7.80. The van der Waals surface area contributed by atoms with E-state index in [1.165, 1.54) is 4.90 Å². The zero-order valence-corrected chi connectivity index (χ0v) is 17.9. The third-order valence-corrected chi connectivity index (χ3v) is 4.91. The molecule has 6 nitrogen and oxygen atoms in total. The number of amides is 1. The standard InChI is InChI=1S/C21H32F3N5O/c1-4-25-20(27-13-17-9-11-29(14-17)15-21(22,23)24)26-10-8-16-6-5-7-18(12-16)19(30)28(2)3/h5-7,12,17H,4,8-11,13-15H2,1-3H3,(H2,25,26,27). The lowest BCUT2D eigenvalue weighted by molar-refractivity contribution is -0.143. The first-order chi connectivity index (χ1) is 14.2. The van der Waals surface area contributed by atoms with Crippen LogP contribution in [0.4, 0.5) is 13.2 Å². The summed E-state index contributed by atoms with van der Waals surface area (Å²) in [5.41, 5.74) is 1.70. The monoisotopic (exact) mass is 427 g/mol. The van der Waals surface area contributed by atoms with Crippen molar-refractivity contribution in [1.82, 2.24) is 20.4 Å². The van der Waals surface area contributed by atoms with Gasteiger partial charge in [0.1, 0.15) is 0 Å². The van der Waals surface area contributed by atoms with Crippen LogP contribution in [0.5, 0.6) is 0 Å². The smallest absolute Gasteiger partial charge is 0.357 e. The molecule has 1 aliphatic rings. The first-order valence-electron chi connectivity index (χ1n) is 10.3. The number of guanidine groups is 1. The molecule has 0 aromatic heterocycles. The molecule has 1 unspecified atom stereocenters. The lowest BCUT2D eigenvalue weighted by Crippen LogP contribution is -2.39. The Morgan fingerprint density at radius 1 is 1.30 bits per heavy atom. The summed E-state index contributed by atoms with van der Waals surface area (Å²) < 4.78 is 37.6. The van der Waals surface area contributed by atoms with Crippen molar-refractivity contribution in [1.29, 1.82) is 0 Å². The Kier molecular flexibility index (Phi) is 8.95. The van der Waals surface area contributed by atoms with Crippen molar-refractivity contribution in [3.63, 3.8) is 0 Å². The molecular weight excluding hydrogens is 395 g/mol. The van der Waals surface area contributed by atoms with E-state index in [0.29, 0.717) is 44.2 Å². The highest BCUT2D eigenvalue weighted by atomic mass is 19.4. The molecule has 0 bridgehead atoms. The van der Waals surface area contributed by atoms with Gasteiger partial charge in [0.15, 0.2) is 5.96 Å². The minimum Gasteiger partial charge on any atom is -0.357 e. The zero-order chi connectivity index (χ0) is 22.1. The highest BCUT2D eigenvalue weighted by Gasteiger charge is 2.34.